The fraction of sp³-hybridized carbons (Fsp3) is 1.00. The molecular formula is C9H10F8O3. The fourth-order valence-corrected chi connectivity index (χ4v) is 1.76. The van der Waals surface area contributed by atoms with Crippen LogP contribution in [-0.2, 0) is 14.2 Å². The quantitative estimate of drug-likeness (QED) is 0.588. The molecule has 0 bridgehead atoms. The second-order valence-electron chi connectivity index (χ2n) is 3.77. The first-order valence-electron chi connectivity index (χ1n) is 5.32. The van der Waals surface area contributed by atoms with Gasteiger partial charge in [-0.2, -0.15) is 35.1 Å². The predicted molar refractivity (Wildman–Crippen MR) is 46.9 cm³/mol. The smallest absolute Gasteiger partial charge is 0.340 e. The van der Waals surface area contributed by atoms with Crippen molar-refractivity contribution < 1.29 is 49.3 Å². The number of hydrogen-bond acceptors (Lipinski definition) is 3. The Balaban J connectivity index is 3.58. The average Bonchev–Trinajstić information content (AvgIpc) is 2.35. The van der Waals surface area contributed by atoms with E-state index in [9.17, 15) is 35.1 Å². The van der Waals surface area contributed by atoms with Crippen LogP contribution in [-0.4, -0.2) is 43.1 Å². The SMILES string of the molecule is CCOC1(OCC)C(F)(F)C(F)(F)OC1(F)C(F)(F)F. The van der Waals surface area contributed by atoms with Crippen LogP contribution in [0.2, 0.25) is 0 Å². The van der Waals surface area contributed by atoms with E-state index in [1.807, 2.05) is 0 Å². The highest BCUT2D eigenvalue weighted by Gasteiger charge is 2.95. The van der Waals surface area contributed by atoms with Gasteiger partial charge in [0, 0.05) is 13.2 Å². The second kappa shape index (κ2) is 4.67. The summed E-state index contributed by atoms with van der Waals surface area (Å²) in [7, 11) is 0. The van der Waals surface area contributed by atoms with Gasteiger partial charge in [0.1, 0.15) is 0 Å². The van der Waals surface area contributed by atoms with Crippen molar-refractivity contribution in [2.45, 2.75) is 43.7 Å². The molecular weight excluding hydrogens is 308 g/mol. The summed E-state index contributed by atoms with van der Waals surface area (Å²) in [5, 5.41) is 0. The largest absolute Gasteiger partial charge is 0.454 e. The summed E-state index contributed by atoms with van der Waals surface area (Å²) in [6.45, 7) is -0.0816. The molecule has 0 aliphatic carbocycles. The number of halogens is 8. The van der Waals surface area contributed by atoms with Crippen molar-refractivity contribution in [2.24, 2.45) is 0 Å². The minimum Gasteiger partial charge on any atom is -0.340 e. The third-order valence-electron chi connectivity index (χ3n) is 2.53. The molecule has 0 aromatic heterocycles. The monoisotopic (exact) mass is 318 g/mol. The molecule has 1 unspecified atom stereocenters. The van der Waals surface area contributed by atoms with E-state index in [4.69, 9.17) is 0 Å². The maximum absolute atomic E-state index is 13.9. The van der Waals surface area contributed by atoms with Crippen LogP contribution in [0.1, 0.15) is 13.8 Å². The fourth-order valence-electron chi connectivity index (χ4n) is 1.76. The molecule has 0 amide bonds. The summed E-state index contributed by atoms with van der Waals surface area (Å²) in [6.07, 6.45) is -12.0. The van der Waals surface area contributed by atoms with Crippen molar-refractivity contribution in [2.75, 3.05) is 13.2 Å². The van der Waals surface area contributed by atoms with Gasteiger partial charge in [0.05, 0.1) is 0 Å². The second-order valence-corrected chi connectivity index (χ2v) is 3.77. The van der Waals surface area contributed by atoms with Crippen molar-refractivity contribution in [1.29, 1.82) is 0 Å². The van der Waals surface area contributed by atoms with Crippen LogP contribution in [0.3, 0.4) is 0 Å². The first kappa shape index (κ1) is 17.4. The molecule has 1 fully saturated rings. The van der Waals surface area contributed by atoms with Crippen LogP contribution in [0, 0.1) is 0 Å². The van der Waals surface area contributed by atoms with E-state index in [0.29, 0.717) is 0 Å². The van der Waals surface area contributed by atoms with E-state index in [-0.39, 0.29) is 0 Å². The first-order valence-corrected chi connectivity index (χ1v) is 5.32. The van der Waals surface area contributed by atoms with E-state index < -0.39 is 43.1 Å². The van der Waals surface area contributed by atoms with Crippen LogP contribution < -0.4 is 0 Å². The van der Waals surface area contributed by atoms with Gasteiger partial charge in [-0.3, -0.25) is 4.74 Å². The van der Waals surface area contributed by atoms with Crippen molar-refractivity contribution in [3.63, 3.8) is 0 Å². The van der Waals surface area contributed by atoms with E-state index in [0.717, 1.165) is 13.8 Å². The zero-order valence-electron chi connectivity index (χ0n) is 10.2. The summed E-state index contributed by atoms with van der Waals surface area (Å²) in [4.78, 5) is 0. The molecule has 0 aromatic carbocycles. The minimum absolute atomic E-state index is 0.907. The molecule has 1 atom stereocenters. The highest BCUT2D eigenvalue weighted by atomic mass is 19.4. The van der Waals surface area contributed by atoms with Crippen LogP contribution in [0.4, 0.5) is 35.1 Å². The Morgan fingerprint density at radius 1 is 0.900 bits per heavy atom. The van der Waals surface area contributed by atoms with Crippen molar-refractivity contribution in [3.8, 4) is 0 Å². The van der Waals surface area contributed by atoms with Gasteiger partial charge in [-0.1, -0.05) is 0 Å². The molecule has 0 saturated carbocycles. The van der Waals surface area contributed by atoms with Crippen molar-refractivity contribution in [1.82, 2.24) is 0 Å². The average molecular weight is 318 g/mol. The van der Waals surface area contributed by atoms with Crippen LogP contribution in [0.25, 0.3) is 0 Å². The molecule has 0 spiro atoms. The maximum Gasteiger partial charge on any atom is 0.454 e. The maximum atomic E-state index is 13.9. The Kier molecular flexibility index (Phi) is 4.05. The van der Waals surface area contributed by atoms with Gasteiger partial charge in [-0.05, 0) is 13.8 Å². The van der Waals surface area contributed by atoms with Crippen molar-refractivity contribution in [3.05, 3.63) is 0 Å². The first-order chi connectivity index (χ1) is 8.83. The molecule has 20 heavy (non-hydrogen) atoms. The van der Waals surface area contributed by atoms with Crippen molar-refractivity contribution >= 4 is 0 Å². The zero-order chi connectivity index (χ0) is 16.0. The molecule has 1 rings (SSSR count). The molecule has 1 aliphatic rings. The molecule has 3 nitrogen and oxygen atoms in total. The standard InChI is InChI=1S/C9H10F8O3/c1-3-18-7(19-4-2)5(10,11)9(16,17)20-6(7,12)8(13,14)15/h3-4H2,1-2H3. The summed E-state index contributed by atoms with van der Waals surface area (Å²) < 4.78 is 116. The normalized spacial score (nSPS) is 31.5. The van der Waals surface area contributed by atoms with Crippen LogP contribution in [0.15, 0.2) is 0 Å². The van der Waals surface area contributed by atoms with E-state index >= 15 is 0 Å². The van der Waals surface area contributed by atoms with Crippen LogP contribution in [0.5, 0.6) is 0 Å². The zero-order valence-corrected chi connectivity index (χ0v) is 10.2. The molecule has 0 radical (unpaired) electrons. The minimum atomic E-state index is -6.24. The van der Waals surface area contributed by atoms with Gasteiger partial charge in [0.2, 0.25) is 0 Å². The lowest BCUT2D eigenvalue weighted by Gasteiger charge is -2.39. The van der Waals surface area contributed by atoms with Gasteiger partial charge < -0.3 is 9.47 Å². The van der Waals surface area contributed by atoms with Gasteiger partial charge in [0.15, 0.2) is 0 Å². The highest BCUT2D eigenvalue weighted by molar-refractivity contribution is 5.12. The highest BCUT2D eigenvalue weighted by Crippen LogP contribution is 2.64. The Bertz CT molecular complexity index is 363. The van der Waals surface area contributed by atoms with E-state index in [1.54, 1.807) is 0 Å². The third-order valence-corrected chi connectivity index (χ3v) is 2.53. The summed E-state index contributed by atoms with van der Waals surface area (Å²) in [5.41, 5.74) is 0. The molecule has 0 aromatic rings. The lowest BCUT2D eigenvalue weighted by Crippen LogP contribution is -2.67. The molecule has 1 saturated heterocycles. The lowest BCUT2D eigenvalue weighted by molar-refractivity contribution is -0.443. The number of alkyl halides is 8. The summed E-state index contributed by atoms with van der Waals surface area (Å²) in [5.74, 6) is -15.9. The Morgan fingerprint density at radius 3 is 1.60 bits per heavy atom. The third kappa shape index (κ3) is 1.90. The van der Waals surface area contributed by atoms with Gasteiger partial charge >= 0.3 is 29.8 Å². The predicted octanol–water partition coefficient (Wildman–Crippen LogP) is 3.24. The summed E-state index contributed by atoms with van der Waals surface area (Å²) in [6, 6.07) is 0. The lowest BCUT2D eigenvalue weighted by atomic mass is 10.0. The molecule has 1 heterocycles. The van der Waals surface area contributed by atoms with Crippen LogP contribution >= 0.6 is 0 Å². The Labute approximate surface area is 107 Å². The molecule has 1 aliphatic heterocycles. The molecule has 11 heteroatoms. The molecule has 0 N–H and O–H groups in total. The topological polar surface area (TPSA) is 27.7 Å². The molecule has 120 valence electrons. The Morgan fingerprint density at radius 2 is 1.30 bits per heavy atom. The van der Waals surface area contributed by atoms with E-state index in [1.165, 1.54) is 0 Å². The Hall–Kier alpha value is -0.680. The number of ether oxygens (including phenoxy) is 3. The van der Waals surface area contributed by atoms with Gasteiger partial charge in [-0.25, -0.2) is 0 Å². The summed E-state index contributed by atoms with van der Waals surface area (Å²) >= 11 is 0. The number of rotatable bonds is 4. The van der Waals surface area contributed by atoms with Gasteiger partial charge in [-0.15, -0.1) is 0 Å². The van der Waals surface area contributed by atoms with Gasteiger partial charge in [0.25, 0.3) is 0 Å². The number of hydrogen-bond donors (Lipinski definition) is 0. The van der Waals surface area contributed by atoms with E-state index in [2.05, 4.69) is 14.2 Å².